The Bertz CT molecular complexity index is 1370. The zero-order chi connectivity index (χ0) is 30.8. The van der Waals surface area contributed by atoms with Crippen molar-refractivity contribution in [3.8, 4) is 6.07 Å². The molecule has 42 heavy (non-hydrogen) atoms. The van der Waals surface area contributed by atoms with E-state index in [1.165, 1.54) is 27.1 Å². The maximum absolute atomic E-state index is 13.4. The number of hydrogen-bond donors (Lipinski definition) is 0. The summed E-state index contributed by atoms with van der Waals surface area (Å²) in [4.78, 5) is 59.7. The molecule has 228 valence electrons. The highest BCUT2D eigenvalue weighted by atomic mass is 19.4. The van der Waals surface area contributed by atoms with Crippen molar-refractivity contribution in [1.82, 2.24) is 34.5 Å². The summed E-state index contributed by atoms with van der Waals surface area (Å²) in [7, 11) is 1.93. The zero-order valence-corrected chi connectivity index (χ0v) is 23.7. The molecule has 3 heterocycles. The molecule has 0 atom stereocenters. The highest BCUT2D eigenvalue weighted by molar-refractivity contribution is 5.92. The first-order valence-electron chi connectivity index (χ1n) is 13.4. The minimum absolute atomic E-state index is 0.0846. The van der Waals surface area contributed by atoms with Crippen molar-refractivity contribution in [2.24, 2.45) is 0 Å². The van der Waals surface area contributed by atoms with Crippen LogP contribution in [0.3, 0.4) is 0 Å². The van der Waals surface area contributed by atoms with Crippen LogP contribution >= 0.6 is 0 Å². The number of halogens is 3. The number of hydrazine groups is 1. The Kier molecular flexibility index (Phi) is 8.76. The normalized spacial score (nSPS) is 17.0. The second-order valence-corrected chi connectivity index (χ2v) is 11.1. The molecule has 0 aromatic carbocycles. The molecule has 1 aliphatic carbocycles. The lowest BCUT2D eigenvalue weighted by Gasteiger charge is -2.40. The van der Waals surface area contributed by atoms with Crippen molar-refractivity contribution in [1.29, 1.82) is 5.26 Å². The summed E-state index contributed by atoms with van der Waals surface area (Å²) >= 11 is 0. The average Bonchev–Trinajstić information content (AvgIpc) is 3.35. The van der Waals surface area contributed by atoms with Gasteiger partial charge in [0.25, 0.3) is 0 Å². The summed E-state index contributed by atoms with van der Waals surface area (Å²) in [6.45, 7) is 6.57. The number of hydroxylamine groups is 1. The molecule has 0 unspecified atom stereocenters. The number of likely N-dealkylation sites (N-methyl/N-ethyl adjacent to an activating group) is 1. The fourth-order valence-electron chi connectivity index (χ4n) is 4.72. The topological polar surface area (TPSA) is 150 Å². The summed E-state index contributed by atoms with van der Waals surface area (Å²) in [5, 5.41) is 10.8. The molecule has 1 aliphatic heterocycles. The Labute approximate surface area is 239 Å². The molecular formula is C25H32F3N9O5. The van der Waals surface area contributed by atoms with Gasteiger partial charge in [-0.3, -0.25) is 0 Å². The van der Waals surface area contributed by atoms with E-state index in [0.717, 1.165) is 16.0 Å². The fourth-order valence-corrected chi connectivity index (χ4v) is 4.72. The minimum atomic E-state index is -5.45. The van der Waals surface area contributed by atoms with Gasteiger partial charge in [-0.25, -0.2) is 28.9 Å². The van der Waals surface area contributed by atoms with E-state index in [1.807, 2.05) is 7.05 Å². The number of carbonyl (C=O) groups is 3. The molecule has 2 aromatic rings. The van der Waals surface area contributed by atoms with Gasteiger partial charge < -0.3 is 19.4 Å². The number of hydrogen-bond acceptors (Lipinski definition) is 11. The first-order valence-corrected chi connectivity index (χ1v) is 13.4. The molecule has 0 bridgehead atoms. The standard InChI is InChI=1S/C25H32F3N9O5/c1-24(2,3)41-23(40)37(42-21(38)25(26,27)28)36(16-8-6-5-7-9-16)20-18-19(31-17(14-29)32-20)35(15-30-18)22(39)34-12-10-33(4)11-13-34/h15-16H,5-13H2,1-4H3. The van der Waals surface area contributed by atoms with E-state index >= 15 is 0 Å². The van der Waals surface area contributed by atoms with E-state index < -0.39 is 41.7 Å². The third kappa shape index (κ3) is 6.81. The number of anilines is 1. The van der Waals surface area contributed by atoms with Crippen molar-refractivity contribution < 1.29 is 37.1 Å². The van der Waals surface area contributed by atoms with Crippen molar-refractivity contribution >= 4 is 35.1 Å². The maximum atomic E-state index is 13.4. The van der Waals surface area contributed by atoms with Crippen LogP contribution in [-0.4, -0.2) is 104 Å². The lowest BCUT2D eigenvalue weighted by molar-refractivity contribution is -0.235. The van der Waals surface area contributed by atoms with Crippen LogP contribution in [0.1, 0.15) is 58.7 Å². The molecule has 1 saturated carbocycles. The van der Waals surface area contributed by atoms with Crippen LogP contribution < -0.4 is 5.01 Å². The molecule has 0 N–H and O–H groups in total. The quantitative estimate of drug-likeness (QED) is 0.481. The van der Waals surface area contributed by atoms with Crippen molar-refractivity contribution in [2.75, 3.05) is 38.2 Å². The molecule has 2 fully saturated rings. The molecule has 2 amide bonds. The van der Waals surface area contributed by atoms with Crippen LogP contribution in [0.2, 0.25) is 0 Å². The van der Waals surface area contributed by atoms with Gasteiger partial charge in [-0.2, -0.15) is 28.4 Å². The number of rotatable bonds is 3. The Morgan fingerprint density at radius 3 is 2.26 bits per heavy atom. The largest absolute Gasteiger partial charge is 0.493 e. The lowest BCUT2D eigenvalue weighted by Crippen LogP contribution is -2.56. The van der Waals surface area contributed by atoms with Crippen LogP contribution in [0, 0.1) is 11.3 Å². The predicted octanol–water partition coefficient (Wildman–Crippen LogP) is 3.23. The molecular weight excluding hydrogens is 563 g/mol. The van der Waals surface area contributed by atoms with Crippen molar-refractivity contribution in [2.45, 2.75) is 70.7 Å². The van der Waals surface area contributed by atoms with Crippen LogP contribution in [0.15, 0.2) is 6.33 Å². The summed E-state index contributed by atoms with van der Waals surface area (Å²) in [6, 6.07) is 0.597. The number of aromatic nitrogens is 4. The first kappa shape index (κ1) is 30.8. The Morgan fingerprint density at radius 1 is 1.05 bits per heavy atom. The first-order chi connectivity index (χ1) is 19.7. The van der Waals surface area contributed by atoms with Gasteiger partial charge in [-0.05, 0) is 45.8 Å². The highest BCUT2D eigenvalue weighted by Crippen LogP contribution is 2.33. The molecule has 2 aliphatic rings. The van der Waals surface area contributed by atoms with Gasteiger partial charge >= 0.3 is 24.3 Å². The Hall–Kier alpha value is -4.20. The number of imidazole rings is 1. The van der Waals surface area contributed by atoms with Crippen LogP contribution in [0.25, 0.3) is 11.2 Å². The summed E-state index contributed by atoms with van der Waals surface area (Å²) in [5.74, 6) is -3.41. The number of amides is 2. The lowest BCUT2D eigenvalue weighted by atomic mass is 9.95. The average molecular weight is 596 g/mol. The van der Waals surface area contributed by atoms with Crippen LogP contribution in [0.4, 0.5) is 28.6 Å². The number of carbonyl (C=O) groups excluding carboxylic acids is 3. The Balaban J connectivity index is 1.87. The highest BCUT2D eigenvalue weighted by Gasteiger charge is 2.47. The number of piperazine rings is 1. The van der Waals surface area contributed by atoms with Gasteiger partial charge in [0.2, 0.25) is 5.82 Å². The predicted molar refractivity (Wildman–Crippen MR) is 139 cm³/mol. The molecule has 14 nitrogen and oxygen atoms in total. The maximum Gasteiger partial charge on any atom is 0.493 e. The monoisotopic (exact) mass is 595 g/mol. The van der Waals surface area contributed by atoms with E-state index in [1.54, 1.807) is 11.0 Å². The second-order valence-electron chi connectivity index (χ2n) is 11.1. The molecule has 0 radical (unpaired) electrons. The van der Waals surface area contributed by atoms with Gasteiger partial charge in [-0.15, -0.1) is 0 Å². The number of alkyl halides is 3. The number of ether oxygens (including phenoxy) is 1. The van der Waals surface area contributed by atoms with E-state index in [0.29, 0.717) is 51.9 Å². The number of fused-ring (bicyclic) bond motifs is 1. The smallest absolute Gasteiger partial charge is 0.440 e. The summed E-state index contributed by atoms with van der Waals surface area (Å²) in [6.07, 6.45) is -2.84. The third-order valence-electron chi connectivity index (χ3n) is 6.74. The van der Waals surface area contributed by atoms with Crippen LogP contribution in [-0.2, 0) is 14.4 Å². The van der Waals surface area contributed by atoms with Gasteiger partial charge in [-0.1, -0.05) is 19.3 Å². The molecule has 4 rings (SSSR count). The Morgan fingerprint density at radius 2 is 1.69 bits per heavy atom. The third-order valence-corrected chi connectivity index (χ3v) is 6.74. The molecule has 2 aromatic heterocycles. The minimum Gasteiger partial charge on any atom is -0.440 e. The van der Waals surface area contributed by atoms with E-state index in [2.05, 4.69) is 24.7 Å². The van der Waals surface area contributed by atoms with Gasteiger partial charge in [0.15, 0.2) is 17.0 Å². The zero-order valence-electron chi connectivity index (χ0n) is 23.7. The summed E-state index contributed by atoms with van der Waals surface area (Å²) < 4.78 is 46.6. The van der Waals surface area contributed by atoms with Crippen molar-refractivity contribution in [3.63, 3.8) is 0 Å². The van der Waals surface area contributed by atoms with Gasteiger partial charge in [0.1, 0.15) is 18.0 Å². The number of nitrogens with zero attached hydrogens (tertiary/aromatic N) is 9. The number of nitriles is 1. The molecule has 1 saturated heterocycles. The van der Waals surface area contributed by atoms with E-state index in [-0.39, 0.29) is 22.2 Å². The van der Waals surface area contributed by atoms with Crippen LogP contribution in [0.5, 0.6) is 0 Å². The SMILES string of the molecule is CN1CCN(C(=O)n2cnc3c(N(C4CCCCC4)N(OC(=O)C(F)(F)F)C(=O)OC(C)(C)C)nc(C#N)nc32)CC1. The van der Waals surface area contributed by atoms with Crippen molar-refractivity contribution in [3.05, 3.63) is 12.2 Å². The molecule has 17 heteroatoms. The van der Waals surface area contributed by atoms with E-state index in [9.17, 15) is 32.8 Å². The molecule has 0 spiro atoms. The fraction of sp³-hybridized carbons (Fsp3) is 0.640. The van der Waals surface area contributed by atoms with Gasteiger partial charge in [0, 0.05) is 26.2 Å². The van der Waals surface area contributed by atoms with E-state index in [4.69, 9.17) is 4.74 Å². The van der Waals surface area contributed by atoms with Gasteiger partial charge in [0.05, 0.1) is 6.04 Å². The second kappa shape index (κ2) is 12.0. The summed E-state index contributed by atoms with van der Waals surface area (Å²) in [5.41, 5.74) is -1.39.